The zero-order valence-corrected chi connectivity index (χ0v) is 13.5. The maximum atomic E-state index is 11.4. The molecule has 0 aliphatic heterocycles. The van der Waals surface area contributed by atoms with Crippen LogP contribution in [0, 0.1) is 19.3 Å². The third-order valence-corrected chi connectivity index (χ3v) is 4.56. The summed E-state index contributed by atoms with van der Waals surface area (Å²) >= 11 is 0. The fraction of sp³-hybridized carbons (Fsp3) is 0.611. The molecule has 1 aliphatic carbocycles. The van der Waals surface area contributed by atoms with Gasteiger partial charge in [-0.25, -0.2) is 0 Å². The van der Waals surface area contributed by atoms with Gasteiger partial charge in [0.1, 0.15) is 5.75 Å². The number of aliphatic carboxylic acids is 1. The van der Waals surface area contributed by atoms with Crippen LogP contribution in [-0.4, -0.2) is 17.2 Å². The first-order valence-electron chi connectivity index (χ1n) is 7.80. The molecule has 2 rings (SSSR count). The molecule has 21 heavy (non-hydrogen) atoms. The fourth-order valence-electron chi connectivity index (χ4n) is 2.87. The first kappa shape index (κ1) is 15.9. The highest BCUT2D eigenvalue weighted by Crippen LogP contribution is 2.35. The van der Waals surface area contributed by atoms with E-state index in [1.165, 1.54) is 18.4 Å². The van der Waals surface area contributed by atoms with Gasteiger partial charge in [0.05, 0.1) is 11.5 Å². The smallest absolute Gasteiger partial charge is 0.309 e. The zero-order chi connectivity index (χ0) is 15.6. The standard InChI is InChI=1S/C18H26O3/c1-12-9-10-14(11-18(3,4)17(19)20)16(13(12)2)21-15-7-5-6-8-15/h9-10,15H,5-8,11H2,1-4H3,(H,19,20). The van der Waals surface area contributed by atoms with Crippen LogP contribution in [0.4, 0.5) is 0 Å². The molecular weight excluding hydrogens is 264 g/mol. The van der Waals surface area contributed by atoms with Crippen LogP contribution in [0.1, 0.15) is 56.2 Å². The monoisotopic (exact) mass is 290 g/mol. The summed E-state index contributed by atoms with van der Waals surface area (Å²) in [7, 11) is 0. The zero-order valence-electron chi connectivity index (χ0n) is 13.5. The molecule has 0 heterocycles. The molecule has 1 N–H and O–H groups in total. The van der Waals surface area contributed by atoms with E-state index in [0.717, 1.165) is 29.7 Å². The molecule has 0 saturated heterocycles. The molecule has 0 atom stereocenters. The lowest BCUT2D eigenvalue weighted by atomic mass is 9.84. The van der Waals surface area contributed by atoms with E-state index in [9.17, 15) is 9.90 Å². The van der Waals surface area contributed by atoms with E-state index in [1.807, 2.05) is 6.07 Å². The Morgan fingerprint density at radius 2 is 1.90 bits per heavy atom. The molecule has 1 fully saturated rings. The topological polar surface area (TPSA) is 46.5 Å². The van der Waals surface area contributed by atoms with Crippen molar-refractivity contribution in [1.82, 2.24) is 0 Å². The van der Waals surface area contributed by atoms with Gasteiger partial charge in [-0.1, -0.05) is 12.1 Å². The SMILES string of the molecule is Cc1ccc(CC(C)(C)C(=O)O)c(OC2CCCC2)c1C. The molecule has 1 aliphatic rings. The van der Waals surface area contributed by atoms with E-state index in [2.05, 4.69) is 19.9 Å². The van der Waals surface area contributed by atoms with Crippen LogP contribution in [0.5, 0.6) is 5.75 Å². The number of rotatable bonds is 5. The minimum atomic E-state index is -0.782. The largest absolute Gasteiger partial charge is 0.490 e. The van der Waals surface area contributed by atoms with Crippen molar-refractivity contribution in [2.45, 2.75) is 65.9 Å². The predicted octanol–water partition coefficient (Wildman–Crippen LogP) is 4.28. The Balaban J connectivity index is 2.31. The van der Waals surface area contributed by atoms with Crippen LogP contribution >= 0.6 is 0 Å². The molecule has 1 aromatic rings. The third kappa shape index (κ3) is 3.58. The van der Waals surface area contributed by atoms with E-state index in [-0.39, 0.29) is 6.10 Å². The van der Waals surface area contributed by atoms with E-state index in [1.54, 1.807) is 13.8 Å². The molecular formula is C18H26O3. The molecule has 0 radical (unpaired) electrons. The van der Waals surface area contributed by atoms with Crippen molar-refractivity contribution < 1.29 is 14.6 Å². The molecule has 116 valence electrons. The van der Waals surface area contributed by atoms with E-state index < -0.39 is 11.4 Å². The quantitative estimate of drug-likeness (QED) is 0.880. The summed E-state index contributed by atoms with van der Waals surface area (Å²) in [6.45, 7) is 7.67. The van der Waals surface area contributed by atoms with Crippen LogP contribution in [0.3, 0.4) is 0 Å². The Morgan fingerprint density at radius 1 is 1.29 bits per heavy atom. The van der Waals surface area contributed by atoms with Crippen LogP contribution < -0.4 is 4.74 Å². The number of hydrogen-bond acceptors (Lipinski definition) is 2. The molecule has 0 bridgehead atoms. The van der Waals surface area contributed by atoms with E-state index >= 15 is 0 Å². The lowest BCUT2D eigenvalue weighted by Crippen LogP contribution is -2.27. The van der Waals surface area contributed by atoms with Crippen LogP contribution in [0.15, 0.2) is 12.1 Å². The summed E-state index contributed by atoms with van der Waals surface area (Å²) in [4.78, 5) is 11.4. The summed E-state index contributed by atoms with van der Waals surface area (Å²) in [5, 5.41) is 9.36. The average molecular weight is 290 g/mol. The van der Waals surface area contributed by atoms with Crippen molar-refractivity contribution in [2.24, 2.45) is 5.41 Å². The Hall–Kier alpha value is -1.51. The molecule has 0 aromatic heterocycles. The van der Waals surface area contributed by atoms with Gasteiger partial charge in [0, 0.05) is 0 Å². The van der Waals surface area contributed by atoms with Gasteiger partial charge in [-0.05, 0) is 76.5 Å². The lowest BCUT2D eigenvalue weighted by molar-refractivity contribution is -0.146. The number of ether oxygens (including phenoxy) is 1. The van der Waals surface area contributed by atoms with Crippen molar-refractivity contribution in [3.05, 3.63) is 28.8 Å². The van der Waals surface area contributed by atoms with Crippen LogP contribution in [-0.2, 0) is 11.2 Å². The highest BCUT2D eigenvalue weighted by molar-refractivity contribution is 5.74. The van der Waals surface area contributed by atoms with Crippen LogP contribution in [0.2, 0.25) is 0 Å². The van der Waals surface area contributed by atoms with Gasteiger partial charge in [0.15, 0.2) is 0 Å². The van der Waals surface area contributed by atoms with Gasteiger partial charge in [-0.3, -0.25) is 4.79 Å². The molecule has 1 saturated carbocycles. The van der Waals surface area contributed by atoms with Gasteiger partial charge in [0.25, 0.3) is 0 Å². The maximum Gasteiger partial charge on any atom is 0.309 e. The molecule has 0 spiro atoms. The summed E-state index contributed by atoms with van der Waals surface area (Å²) < 4.78 is 6.25. The average Bonchev–Trinajstić information content (AvgIpc) is 2.91. The Kier molecular flexibility index (Phi) is 4.60. The van der Waals surface area contributed by atoms with Gasteiger partial charge in [-0.2, -0.15) is 0 Å². The maximum absolute atomic E-state index is 11.4. The number of hydrogen-bond donors (Lipinski definition) is 1. The number of carbonyl (C=O) groups is 1. The van der Waals surface area contributed by atoms with E-state index in [0.29, 0.717) is 6.42 Å². The number of aryl methyl sites for hydroxylation is 1. The van der Waals surface area contributed by atoms with Crippen molar-refractivity contribution >= 4 is 5.97 Å². The molecule has 3 heteroatoms. The summed E-state index contributed by atoms with van der Waals surface area (Å²) in [6.07, 6.45) is 5.45. The van der Waals surface area contributed by atoms with Crippen LogP contribution in [0.25, 0.3) is 0 Å². The summed E-state index contributed by atoms with van der Waals surface area (Å²) in [5.41, 5.74) is 2.56. The second-order valence-electron chi connectivity index (χ2n) is 6.89. The predicted molar refractivity (Wildman–Crippen MR) is 83.9 cm³/mol. The van der Waals surface area contributed by atoms with Crippen molar-refractivity contribution in [3.8, 4) is 5.75 Å². The molecule has 0 amide bonds. The molecule has 3 nitrogen and oxygen atoms in total. The lowest BCUT2D eigenvalue weighted by Gasteiger charge is -2.24. The first-order valence-corrected chi connectivity index (χ1v) is 7.80. The molecule has 1 aromatic carbocycles. The highest BCUT2D eigenvalue weighted by atomic mass is 16.5. The highest BCUT2D eigenvalue weighted by Gasteiger charge is 2.30. The van der Waals surface area contributed by atoms with Crippen molar-refractivity contribution in [1.29, 1.82) is 0 Å². The number of carboxylic acids is 1. The second-order valence-corrected chi connectivity index (χ2v) is 6.89. The second kappa shape index (κ2) is 6.08. The van der Waals surface area contributed by atoms with Gasteiger partial charge >= 0.3 is 5.97 Å². The van der Waals surface area contributed by atoms with Gasteiger partial charge in [-0.15, -0.1) is 0 Å². The fourth-order valence-corrected chi connectivity index (χ4v) is 2.87. The number of carboxylic acid groups (broad SMARTS) is 1. The summed E-state index contributed by atoms with van der Waals surface area (Å²) in [6, 6.07) is 4.08. The minimum absolute atomic E-state index is 0.289. The minimum Gasteiger partial charge on any atom is -0.490 e. The third-order valence-electron chi connectivity index (χ3n) is 4.56. The number of benzene rings is 1. The van der Waals surface area contributed by atoms with Gasteiger partial charge in [0.2, 0.25) is 0 Å². The van der Waals surface area contributed by atoms with E-state index in [4.69, 9.17) is 4.74 Å². The molecule has 0 unspecified atom stereocenters. The summed E-state index contributed by atoms with van der Waals surface area (Å²) in [5.74, 6) is 0.142. The Morgan fingerprint density at radius 3 is 2.48 bits per heavy atom. The Bertz CT molecular complexity index is 526. The van der Waals surface area contributed by atoms with Crippen molar-refractivity contribution in [2.75, 3.05) is 0 Å². The van der Waals surface area contributed by atoms with Gasteiger partial charge < -0.3 is 9.84 Å². The normalized spacial score (nSPS) is 16.2. The Labute approximate surface area is 127 Å². The van der Waals surface area contributed by atoms with Crippen molar-refractivity contribution in [3.63, 3.8) is 0 Å². The first-order chi connectivity index (χ1) is 9.81.